The standard InChI is InChI=1S/C8H6F3N5O2S/c9-8(10,11)6-1-7(14-4-13-6)16-3-5(2-15-16)19(12,17)18/h1-4H,(H2,12,17,18). The highest BCUT2D eigenvalue weighted by Crippen LogP contribution is 2.27. The van der Waals surface area contributed by atoms with E-state index < -0.39 is 21.9 Å². The Balaban J connectivity index is 2.46. The quantitative estimate of drug-likeness (QED) is 0.859. The molecule has 0 spiro atoms. The van der Waals surface area contributed by atoms with E-state index in [1.54, 1.807) is 0 Å². The molecule has 0 radical (unpaired) electrons. The molecule has 0 atom stereocenters. The van der Waals surface area contributed by atoms with Crippen molar-refractivity contribution < 1.29 is 21.6 Å². The zero-order chi connectivity index (χ0) is 14.3. The van der Waals surface area contributed by atoms with E-state index >= 15 is 0 Å². The maximum Gasteiger partial charge on any atom is 0.433 e. The van der Waals surface area contributed by atoms with E-state index in [0.717, 1.165) is 17.1 Å². The third-order valence-corrected chi connectivity index (χ3v) is 2.93. The molecule has 0 aliphatic carbocycles. The van der Waals surface area contributed by atoms with Crippen LogP contribution in [0.4, 0.5) is 13.2 Å². The first kappa shape index (κ1) is 13.4. The third-order valence-electron chi connectivity index (χ3n) is 2.07. The van der Waals surface area contributed by atoms with E-state index in [0.29, 0.717) is 12.4 Å². The lowest BCUT2D eigenvalue weighted by Gasteiger charge is -2.06. The Hall–Kier alpha value is -2.01. The molecule has 102 valence electrons. The number of nitrogens with zero attached hydrogens (tertiary/aromatic N) is 4. The largest absolute Gasteiger partial charge is 0.433 e. The Kier molecular flexibility index (Phi) is 3.02. The number of aromatic nitrogens is 4. The van der Waals surface area contributed by atoms with Crippen LogP contribution < -0.4 is 5.14 Å². The van der Waals surface area contributed by atoms with Crippen molar-refractivity contribution in [3.63, 3.8) is 0 Å². The van der Waals surface area contributed by atoms with Crippen LogP contribution in [0.5, 0.6) is 0 Å². The van der Waals surface area contributed by atoms with E-state index in [4.69, 9.17) is 5.14 Å². The summed E-state index contributed by atoms with van der Waals surface area (Å²) in [6.45, 7) is 0. The van der Waals surface area contributed by atoms with Crippen molar-refractivity contribution in [1.29, 1.82) is 0 Å². The summed E-state index contributed by atoms with van der Waals surface area (Å²) >= 11 is 0. The van der Waals surface area contributed by atoms with Crippen molar-refractivity contribution in [2.75, 3.05) is 0 Å². The molecular formula is C8H6F3N5O2S. The normalized spacial score (nSPS) is 12.6. The first-order valence-electron chi connectivity index (χ1n) is 4.65. The number of halogens is 3. The van der Waals surface area contributed by atoms with Gasteiger partial charge in [0.2, 0.25) is 10.0 Å². The van der Waals surface area contributed by atoms with E-state index in [9.17, 15) is 21.6 Å². The lowest BCUT2D eigenvalue weighted by atomic mass is 10.4. The molecule has 2 rings (SSSR count). The molecule has 2 heterocycles. The Labute approximate surface area is 104 Å². The van der Waals surface area contributed by atoms with E-state index in [2.05, 4.69) is 15.1 Å². The molecule has 11 heteroatoms. The van der Waals surface area contributed by atoms with Gasteiger partial charge in [-0.1, -0.05) is 0 Å². The van der Waals surface area contributed by atoms with E-state index in [1.807, 2.05) is 0 Å². The number of rotatable bonds is 2. The number of hydrogen-bond donors (Lipinski definition) is 1. The molecule has 7 nitrogen and oxygen atoms in total. The molecule has 2 aromatic rings. The summed E-state index contributed by atoms with van der Waals surface area (Å²) in [5, 5.41) is 8.43. The first-order valence-corrected chi connectivity index (χ1v) is 6.19. The summed E-state index contributed by atoms with van der Waals surface area (Å²) in [7, 11) is -3.98. The van der Waals surface area contributed by atoms with Crippen LogP contribution >= 0.6 is 0 Å². The summed E-state index contributed by atoms with van der Waals surface area (Å²) in [5.41, 5.74) is -1.16. The van der Waals surface area contributed by atoms with E-state index in [-0.39, 0.29) is 10.7 Å². The number of sulfonamides is 1. The zero-order valence-corrected chi connectivity index (χ0v) is 9.85. The molecule has 0 aliphatic heterocycles. The van der Waals surface area contributed by atoms with Crippen molar-refractivity contribution in [2.45, 2.75) is 11.1 Å². The third kappa shape index (κ3) is 2.88. The van der Waals surface area contributed by atoms with Crippen molar-refractivity contribution in [1.82, 2.24) is 19.7 Å². The highest BCUT2D eigenvalue weighted by molar-refractivity contribution is 7.89. The molecule has 0 aromatic carbocycles. The molecule has 0 fully saturated rings. The van der Waals surface area contributed by atoms with Crippen LogP contribution in [0.25, 0.3) is 5.82 Å². The number of alkyl halides is 3. The number of hydrogen-bond acceptors (Lipinski definition) is 5. The Bertz CT molecular complexity index is 709. The number of primary sulfonamides is 1. The minimum atomic E-state index is -4.63. The topological polar surface area (TPSA) is 104 Å². The van der Waals surface area contributed by atoms with Crippen molar-refractivity contribution in [2.24, 2.45) is 5.14 Å². The van der Waals surface area contributed by atoms with Gasteiger partial charge in [-0.15, -0.1) is 0 Å². The first-order chi connectivity index (χ1) is 8.68. The van der Waals surface area contributed by atoms with Crippen LogP contribution in [0.15, 0.2) is 29.7 Å². The second-order valence-corrected chi connectivity index (χ2v) is 4.99. The monoisotopic (exact) mass is 293 g/mol. The second-order valence-electron chi connectivity index (χ2n) is 3.42. The van der Waals surface area contributed by atoms with Crippen LogP contribution in [0.1, 0.15) is 5.69 Å². The lowest BCUT2D eigenvalue weighted by Crippen LogP contribution is -2.11. The molecule has 0 saturated heterocycles. The molecule has 0 aliphatic rings. The Morgan fingerprint density at radius 3 is 2.47 bits per heavy atom. The summed E-state index contributed by atoms with van der Waals surface area (Å²) in [6.07, 6.45) is -2.06. The van der Waals surface area contributed by atoms with Gasteiger partial charge in [0, 0.05) is 6.07 Å². The van der Waals surface area contributed by atoms with Gasteiger partial charge in [0.15, 0.2) is 5.82 Å². The molecule has 0 saturated carbocycles. The van der Waals surface area contributed by atoms with Crippen LogP contribution in [-0.2, 0) is 16.2 Å². The molecular weight excluding hydrogens is 287 g/mol. The Morgan fingerprint density at radius 2 is 1.95 bits per heavy atom. The van der Waals surface area contributed by atoms with Gasteiger partial charge in [-0.05, 0) is 0 Å². The fourth-order valence-electron chi connectivity index (χ4n) is 1.21. The average Bonchev–Trinajstić information content (AvgIpc) is 2.77. The van der Waals surface area contributed by atoms with Crippen LogP contribution in [0, 0.1) is 0 Å². The van der Waals surface area contributed by atoms with Crippen LogP contribution in [0.2, 0.25) is 0 Å². The maximum absolute atomic E-state index is 12.4. The number of nitrogens with two attached hydrogens (primary N) is 1. The maximum atomic E-state index is 12.4. The minimum absolute atomic E-state index is 0.225. The smallest absolute Gasteiger partial charge is 0.232 e. The van der Waals surface area contributed by atoms with Crippen LogP contribution in [-0.4, -0.2) is 28.2 Å². The fourth-order valence-corrected chi connectivity index (χ4v) is 1.65. The van der Waals surface area contributed by atoms with Crippen molar-refractivity contribution >= 4 is 10.0 Å². The SMILES string of the molecule is NS(=O)(=O)c1cnn(-c2cc(C(F)(F)F)ncn2)c1. The zero-order valence-electron chi connectivity index (χ0n) is 9.03. The molecule has 0 amide bonds. The molecule has 19 heavy (non-hydrogen) atoms. The summed E-state index contributed by atoms with van der Waals surface area (Å²) in [5.74, 6) is -0.225. The van der Waals surface area contributed by atoms with E-state index in [1.165, 1.54) is 0 Å². The van der Waals surface area contributed by atoms with Crippen molar-refractivity contribution in [3.8, 4) is 5.82 Å². The fraction of sp³-hybridized carbons (Fsp3) is 0.125. The highest BCUT2D eigenvalue weighted by atomic mass is 32.2. The second kappa shape index (κ2) is 4.28. The van der Waals surface area contributed by atoms with Gasteiger partial charge >= 0.3 is 6.18 Å². The molecule has 2 aromatic heterocycles. The van der Waals surface area contributed by atoms with Gasteiger partial charge in [-0.25, -0.2) is 28.2 Å². The van der Waals surface area contributed by atoms with Gasteiger partial charge in [0.1, 0.15) is 16.9 Å². The molecule has 0 unspecified atom stereocenters. The summed E-state index contributed by atoms with van der Waals surface area (Å²) < 4.78 is 60.2. The average molecular weight is 293 g/mol. The van der Waals surface area contributed by atoms with Gasteiger partial charge in [-0.2, -0.15) is 18.3 Å². The van der Waals surface area contributed by atoms with Gasteiger partial charge in [0.25, 0.3) is 0 Å². The minimum Gasteiger partial charge on any atom is -0.232 e. The molecule has 0 bridgehead atoms. The van der Waals surface area contributed by atoms with Crippen molar-refractivity contribution in [3.05, 3.63) is 30.5 Å². The van der Waals surface area contributed by atoms with Gasteiger partial charge in [0.05, 0.1) is 12.4 Å². The van der Waals surface area contributed by atoms with Gasteiger partial charge in [-0.3, -0.25) is 0 Å². The van der Waals surface area contributed by atoms with Gasteiger partial charge < -0.3 is 0 Å². The summed E-state index contributed by atoms with van der Waals surface area (Å²) in [4.78, 5) is 6.31. The molecule has 2 N–H and O–H groups in total. The highest BCUT2D eigenvalue weighted by Gasteiger charge is 2.33. The van der Waals surface area contributed by atoms with Crippen LogP contribution in [0.3, 0.4) is 0 Å². The Morgan fingerprint density at radius 1 is 1.26 bits per heavy atom. The summed E-state index contributed by atoms with van der Waals surface area (Å²) in [6, 6.07) is 0.639. The predicted molar refractivity (Wildman–Crippen MR) is 55.5 cm³/mol. The lowest BCUT2D eigenvalue weighted by molar-refractivity contribution is -0.141. The predicted octanol–water partition coefficient (Wildman–Crippen LogP) is 0.329.